The molecular weight excluding hydrogens is 340 g/mol. The largest absolute Gasteiger partial charge is 0.509 e. The minimum atomic E-state index is -1.26. The quantitative estimate of drug-likeness (QED) is 0.427. The zero-order valence-corrected chi connectivity index (χ0v) is 15.4. The molecule has 0 radical (unpaired) electrons. The summed E-state index contributed by atoms with van der Waals surface area (Å²) in [6.07, 6.45) is 9.44. The Morgan fingerprint density at radius 2 is 2.15 bits per heavy atom. The summed E-state index contributed by atoms with van der Waals surface area (Å²) in [4.78, 5) is 20.5. The lowest BCUT2D eigenvalue weighted by Gasteiger charge is -2.46. The fraction of sp³-hybridized carbons (Fsp3) is 0.591. The maximum Gasteiger partial charge on any atom is 0.509 e. The Hall–Kier alpha value is -2.37. The molecule has 1 spiro atoms. The van der Waals surface area contributed by atoms with Crippen molar-refractivity contribution in [3.8, 4) is 0 Å². The van der Waals surface area contributed by atoms with Crippen molar-refractivity contribution in [2.75, 3.05) is 6.61 Å². The van der Waals surface area contributed by atoms with Crippen LogP contribution in [0.3, 0.4) is 0 Å². The van der Waals surface area contributed by atoms with Crippen LogP contribution in [0.2, 0.25) is 0 Å². The first kappa shape index (κ1) is 16.8. The van der Waals surface area contributed by atoms with Crippen LogP contribution in [0.15, 0.2) is 36.0 Å². The number of ether oxygens (including phenoxy) is 2. The van der Waals surface area contributed by atoms with Crippen LogP contribution in [-0.2, 0) is 14.3 Å². The number of carbonyl (C=O) groups is 1. The molecule has 5 rings (SSSR count). The fourth-order valence-electron chi connectivity index (χ4n) is 6.42. The van der Waals surface area contributed by atoms with Crippen LogP contribution >= 0.6 is 0 Å². The molecule has 0 amide bonds. The van der Waals surface area contributed by atoms with E-state index in [0.29, 0.717) is 11.8 Å². The highest BCUT2D eigenvalue weighted by Crippen LogP contribution is 2.68. The zero-order valence-electron chi connectivity index (χ0n) is 15.4. The molecule has 3 fully saturated rings. The molecule has 2 heterocycles. The van der Waals surface area contributed by atoms with E-state index < -0.39 is 22.8 Å². The van der Waals surface area contributed by atoms with Crippen LogP contribution in [0.4, 0.5) is 0 Å². The van der Waals surface area contributed by atoms with Gasteiger partial charge in [0, 0.05) is 11.8 Å². The number of nitrogens with zero attached hydrogens (tertiary/aromatic N) is 2. The van der Waals surface area contributed by atoms with Gasteiger partial charge < -0.3 is 9.47 Å². The first-order valence-electron chi connectivity index (χ1n) is 9.72. The number of rotatable bonds is 2. The number of fused-ring (bicyclic) bond motifs is 6. The maximum absolute atomic E-state index is 12.8. The number of carbonyl (C=O) groups excluding carboxylic acids is 1. The molecule has 6 atom stereocenters. The van der Waals surface area contributed by atoms with Gasteiger partial charge in [-0.05, 0) is 49.7 Å². The normalized spacial score (nSPS) is 44.7. The van der Waals surface area contributed by atoms with Gasteiger partial charge in [-0.25, -0.2) is 27.6 Å². The van der Waals surface area contributed by atoms with Crippen molar-refractivity contribution in [3.05, 3.63) is 58.8 Å². The summed E-state index contributed by atoms with van der Waals surface area (Å²) in [5.41, 5.74) is -1.60. The van der Waals surface area contributed by atoms with E-state index in [0.717, 1.165) is 30.4 Å². The molecule has 0 aromatic heterocycles. The number of hydrogen-bond donors (Lipinski definition) is 0. The maximum atomic E-state index is 12.8. The van der Waals surface area contributed by atoms with Crippen LogP contribution in [0.25, 0.3) is 9.69 Å². The van der Waals surface area contributed by atoms with Crippen molar-refractivity contribution in [2.24, 2.45) is 23.7 Å². The van der Waals surface area contributed by atoms with Gasteiger partial charge >= 0.3 is 11.6 Å². The van der Waals surface area contributed by atoms with Gasteiger partial charge in [0.1, 0.15) is 17.6 Å². The van der Waals surface area contributed by atoms with E-state index in [9.17, 15) is 4.79 Å². The Morgan fingerprint density at radius 3 is 2.85 bits per heavy atom. The van der Waals surface area contributed by atoms with Gasteiger partial charge in [-0.1, -0.05) is 18.7 Å². The van der Waals surface area contributed by atoms with Gasteiger partial charge in [0.15, 0.2) is 0 Å². The molecule has 5 aliphatic rings. The Morgan fingerprint density at radius 1 is 1.37 bits per heavy atom. The smallest absolute Gasteiger partial charge is 0.463 e. The Kier molecular flexibility index (Phi) is 3.18. The Balaban J connectivity index is 1.69. The highest BCUT2D eigenvalue weighted by atomic mass is 16.6. The van der Waals surface area contributed by atoms with Crippen molar-refractivity contribution in [2.45, 2.75) is 49.5 Å². The molecule has 138 valence electrons. The van der Waals surface area contributed by atoms with E-state index in [-0.39, 0.29) is 24.9 Å². The van der Waals surface area contributed by atoms with Gasteiger partial charge in [0.05, 0.1) is 6.61 Å². The SMILES string of the molecule is [C-]#[N+]C1([N+]#[C-])C[C@@]23C=C[C@@](C(=O)OCC)(O2)C(=C)C3[C@H]2C1=C[C@@H]1CCC2C1. The number of esters is 1. The summed E-state index contributed by atoms with van der Waals surface area (Å²) in [6, 6.07) is 0. The highest BCUT2D eigenvalue weighted by molar-refractivity contribution is 5.89. The van der Waals surface area contributed by atoms with Crippen molar-refractivity contribution in [1.29, 1.82) is 0 Å². The van der Waals surface area contributed by atoms with Gasteiger partial charge in [0.2, 0.25) is 5.60 Å². The first-order chi connectivity index (χ1) is 13.0. The summed E-state index contributed by atoms with van der Waals surface area (Å²) in [5, 5.41) is 0. The van der Waals surface area contributed by atoms with E-state index in [4.69, 9.17) is 22.6 Å². The van der Waals surface area contributed by atoms with Crippen LogP contribution in [0.1, 0.15) is 32.6 Å². The monoisotopic (exact) mass is 362 g/mol. The number of allylic oxidation sites excluding steroid dienone is 1. The summed E-state index contributed by atoms with van der Waals surface area (Å²) in [6.45, 7) is 22.1. The first-order valence-corrected chi connectivity index (χ1v) is 9.72. The summed E-state index contributed by atoms with van der Waals surface area (Å²) < 4.78 is 11.7. The van der Waals surface area contributed by atoms with Gasteiger partial charge in [0.25, 0.3) is 0 Å². The molecule has 0 aromatic rings. The molecular formula is C22H22N2O3. The zero-order chi connectivity index (χ0) is 19.0. The molecule has 0 aromatic carbocycles. The van der Waals surface area contributed by atoms with E-state index in [2.05, 4.69) is 22.3 Å². The lowest BCUT2D eigenvalue weighted by Crippen LogP contribution is -2.54. The summed E-state index contributed by atoms with van der Waals surface area (Å²) >= 11 is 0. The highest BCUT2D eigenvalue weighted by Gasteiger charge is 2.77. The van der Waals surface area contributed by atoms with Gasteiger partial charge in [-0.15, -0.1) is 0 Å². The molecule has 2 unspecified atom stereocenters. The van der Waals surface area contributed by atoms with Crippen LogP contribution in [-0.4, -0.2) is 29.4 Å². The van der Waals surface area contributed by atoms with E-state index >= 15 is 0 Å². The van der Waals surface area contributed by atoms with E-state index in [1.54, 1.807) is 13.0 Å². The molecule has 5 heteroatoms. The van der Waals surface area contributed by atoms with Crippen LogP contribution in [0, 0.1) is 36.8 Å². The Labute approximate surface area is 159 Å². The van der Waals surface area contributed by atoms with E-state index in [1.807, 2.05) is 6.08 Å². The summed E-state index contributed by atoms with van der Waals surface area (Å²) in [7, 11) is 0. The molecule has 4 bridgehead atoms. The lowest BCUT2D eigenvalue weighted by molar-refractivity contribution is -0.165. The van der Waals surface area contributed by atoms with Crippen LogP contribution in [0.5, 0.6) is 0 Å². The molecule has 3 aliphatic carbocycles. The molecule has 2 aliphatic heterocycles. The van der Waals surface area contributed by atoms with Crippen molar-refractivity contribution >= 4 is 5.97 Å². The fourth-order valence-corrected chi connectivity index (χ4v) is 6.42. The molecule has 2 saturated carbocycles. The molecule has 0 N–H and O–H groups in total. The average molecular weight is 362 g/mol. The third-order valence-corrected chi connectivity index (χ3v) is 7.42. The predicted octanol–water partition coefficient (Wildman–Crippen LogP) is 3.71. The van der Waals surface area contributed by atoms with Crippen molar-refractivity contribution < 1.29 is 14.3 Å². The van der Waals surface area contributed by atoms with Gasteiger partial charge in [-0.3, -0.25) is 0 Å². The third-order valence-electron chi connectivity index (χ3n) is 7.42. The summed E-state index contributed by atoms with van der Waals surface area (Å²) in [5.74, 6) is 0.445. The third kappa shape index (κ3) is 1.79. The van der Waals surface area contributed by atoms with Crippen molar-refractivity contribution in [1.82, 2.24) is 0 Å². The molecule has 27 heavy (non-hydrogen) atoms. The second kappa shape index (κ2) is 5.12. The van der Waals surface area contributed by atoms with Gasteiger partial charge in [-0.2, -0.15) is 0 Å². The Bertz CT molecular complexity index is 889. The van der Waals surface area contributed by atoms with Crippen LogP contribution < -0.4 is 0 Å². The predicted molar refractivity (Wildman–Crippen MR) is 97.9 cm³/mol. The number of hydrogen-bond acceptors (Lipinski definition) is 3. The average Bonchev–Trinajstić information content (AvgIpc) is 3.31. The lowest BCUT2D eigenvalue weighted by atomic mass is 9.54. The molecule has 1 saturated heterocycles. The standard InChI is InChI=1S/C22H22N2O3/c1-5-26-19(25)21-9-8-20(27-21)12-22(23-3,24-4)16-11-14-6-7-15(10-14)17(16)18(20)13(21)2/h8-9,11,14-15,17-18H,2,5-7,10,12H2,1H3/t14-,15?,17-,18?,20-,21-/m1/s1. The second-order valence-electron chi connectivity index (χ2n) is 8.55. The van der Waals surface area contributed by atoms with E-state index in [1.165, 1.54) is 0 Å². The minimum absolute atomic E-state index is 0.0504. The topological polar surface area (TPSA) is 44.2 Å². The minimum Gasteiger partial charge on any atom is -0.463 e. The molecule has 5 nitrogen and oxygen atoms in total. The second-order valence-corrected chi connectivity index (χ2v) is 8.55. The van der Waals surface area contributed by atoms with Crippen molar-refractivity contribution in [3.63, 3.8) is 0 Å².